The number of hydrogen-bond donors (Lipinski definition) is 3. The maximum atomic E-state index is 13.4. The van der Waals surface area contributed by atoms with Crippen LogP contribution in [0.5, 0.6) is 0 Å². The summed E-state index contributed by atoms with van der Waals surface area (Å²) in [6.07, 6.45) is -1.91. The highest BCUT2D eigenvalue weighted by Crippen LogP contribution is 2.16. The molecule has 8 nitrogen and oxygen atoms in total. The van der Waals surface area contributed by atoms with E-state index in [0.717, 1.165) is 18.2 Å². The predicted octanol–water partition coefficient (Wildman–Crippen LogP) is 0.299. The van der Waals surface area contributed by atoms with Crippen molar-refractivity contribution in [3.05, 3.63) is 39.7 Å². The van der Waals surface area contributed by atoms with Crippen LogP contribution in [0.25, 0.3) is 0 Å². The van der Waals surface area contributed by atoms with E-state index in [1.54, 1.807) is 0 Å². The number of nitrogens with zero attached hydrogens (tertiary/aromatic N) is 1. The second-order valence-electron chi connectivity index (χ2n) is 3.82. The first-order valence-corrected chi connectivity index (χ1v) is 5.46. The van der Waals surface area contributed by atoms with Crippen LogP contribution in [0, 0.1) is 15.9 Å². The van der Waals surface area contributed by atoms with E-state index in [4.69, 9.17) is 10.2 Å². The van der Waals surface area contributed by atoms with Crippen LogP contribution in [-0.4, -0.2) is 39.7 Å². The minimum atomic E-state index is -1.65. The van der Waals surface area contributed by atoms with Gasteiger partial charge in [0, 0.05) is 25.1 Å². The number of aliphatic hydroxyl groups is 1. The van der Waals surface area contributed by atoms with E-state index >= 15 is 0 Å². The normalized spacial score (nSPS) is 11.7. The van der Waals surface area contributed by atoms with Gasteiger partial charge in [-0.25, -0.2) is 9.18 Å². The molecule has 0 spiro atoms. The molecule has 0 saturated heterocycles. The van der Waals surface area contributed by atoms with Crippen molar-refractivity contribution < 1.29 is 29.1 Å². The number of aliphatic carboxylic acids is 1. The lowest BCUT2D eigenvalue weighted by molar-refractivity contribution is -0.384. The number of halogens is 1. The molecule has 1 atom stereocenters. The zero-order chi connectivity index (χ0) is 15.3. The highest BCUT2D eigenvalue weighted by Gasteiger charge is 2.18. The topological polar surface area (TPSA) is 130 Å². The number of nitrogens with one attached hydrogen (secondary N) is 1. The second kappa shape index (κ2) is 6.57. The maximum Gasteiger partial charge on any atom is 0.332 e. The molecule has 9 heteroatoms. The molecule has 3 N–H and O–H groups in total. The summed E-state index contributed by atoms with van der Waals surface area (Å²) < 4.78 is 13.4. The molecule has 0 aliphatic rings. The molecule has 0 radical (unpaired) electrons. The van der Waals surface area contributed by atoms with Gasteiger partial charge in [0.1, 0.15) is 5.82 Å². The van der Waals surface area contributed by atoms with Gasteiger partial charge in [0.05, 0.1) is 10.5 Å². The summed E-state index contributed by atoms with van der Waals surface area (Å²) in [5.41, 5.74) is -0.967. The fourth-order valence-corrected chi connectivity index (χ4v) is 1.34. The van der Waals surface area contributed by atoms with Crippen molar-refractivity contribution in [2.24, 2.45) is 0 Å². The first-order chi connectivity index (χ1) is 9.32. The van der Waals surface area contributed by atoms with Crippen molar-refractivity contribution in [1.82, 2.24) is 5.32 Å². The van der Waals surface area contributed by atoms with Gasteiger partial charge in [-0.1, -0.05) is 0 Å². The molecule has 0 heterocycles. The van der Waals surface area contributed by atoms with Crippen molar-refractivity contribution in [2.75, 3.05) is 6.54 Å². The van der Waals surface area contributed by atoms with Gasteiger partial charge in [0.2, 0.25) is 0 Å². The molecule has 0 aromatic heterocycles. The zero-order valence-corrected chi connectivity index (χ0v) is 10.1. The average Bonchev–Trinajstić information content (AvgIpc) is 2.38. The standard InChI is InChI=1S/C11H11FN2O6/c12-8-2-1-6(14(19)20)5-7(8)10(16)13-4-3-9(15)11(17)18/h1-2,5,9,15H,3-4H2,(H,13,16)(H,17,18)/t9-/m0/s1. The minimum absolute atomic E-state index is 0.214. The molecule has 1 aromatic carbocycles. The number of carboxylic acids is 1. The van der Waals surface area contributed by atoms with E-state index in [0.29, 0.717) is 0 Å². The number of nitro benzene ring substituents is 1. The Morgan fingerprint density at radius 3 is 2.65 bits per heavy atom. The van der Waals surface area contributed by atoms with Gasteiger partial charge in [-0.2, -0.15) is 0 Å². The molecule has 1 aromatic rings. The van der Waals surface area contributed by atoms with Crippen LogP contribution in [0.1, 0.15) is 16.8 Å². The van der Waals surface area contributed by atoms with Gasteiger partial charge in [-0.15, -0.1) is 0 Å². The summed E-state index contributed by atoms with van der Waals surface area (Å²) in [6, 6.07) is 2.48. The highest BCUT2D eigenvalue weighted by atomic mass is 19.1. The summed E-state index contributed by atoms with van der Waals surface area (Å²) >= 11 is 0. The fourth-order valence-electron chi connectivity index (χ4n) is 1.34. The molecule has 0 bridgehead atoms. The Morgan fingerprint density at radius 1 is 1.45 bits per heavy atom. The van der Waals surface area contributed by atoms with Crippen LogP contribution in [-0.2, 0) is 4.79 Å². The number of hydrogen-bond acceptors (Lipinski definition) is 5. The average molecular weight is 286 g/mol. The molecular formula is C11H11FN2O6. The van der Waals surface area contributed by atoms with Gasteiger partial charge in [-0.3, -0.25) is 14.9 Å². The number of carbonyl (C=O) groups is 2. The lowest BCUT2D eigenvalue weighted by Crippen LogP contribution is -2.30. The summed E-state index contributed by atoms with van der Waals surface area (Å²) in [6.45, 7) is -0.214. The fraction of sp³-hybridized carbons (Fsp3) is 0.273. The van der Waals surface area contributed by atoms with Crippen LogP contribution >= 0.6 is 0 Å². The first kappa shape index (κ1) is 15.5. The molecule has 20 heavy (non-hydrogen) atoms. The molecule has 108 valence electrons. The number of nitro groups is 1. The Morgan fingerprint density at radius 2 is 2.10 bits per heavy atom. The molecule has 0 aliphatic carbocycles. The van der Waals surface area contributed by atoms with Gasteiger partial charge >= 0.3 is 5.97 Å². The number of non-ortho nitro benzene ring substituents is 1. The van der Waals surface area contributed by atoms with Crippen molar-refractivity contribution in [1.29, 1.82) is 0 Å². The monoisotopic (exact) mass is 286 g/mol. The minimum Gasteiger partial charge on any atom is -0.479 e. The molecule has 0 aliphatic heterocycles. The van der Waals surface area contributed by atoms with E-state index in [-0.39, 0.29) is 13.0 Å². The van der Waals surface area contributed by atoms with Crippen molar-refractivity contribution in [3.63, 3.8) is 0 Å². The Kier molecular flexibility index (Phi) is 5.09. The number of amides is 1. The zero-order valence-electron chi connectivity index (χ0n) is 10.1. The number of carbonyl (C=O) groups excluding carboxylic acids is 1. The highest BCUT2D eigenvalue weighted by molar-refractivity contribution is 5.95. The molecule has 0 saturated carbocycles. The molecule has 0 fully saturated rings. The van der Waals surface area contributed by atoms with E-state index in [1.165, 1.54) is 0 Å². The third-order valence-electron chi connectivity index (χ3n) is 2.39. The predicted molar refractivity (Wildman–Crippen MR) is 63.6 cm³/mol. The van der Waals surface area contributed by atoms with Gasteiger partial charge < -0.3 is 15.5 Å². The maximum absolute atomic E-state index is 13.4. The summed E-state index contributed by atoms with van der Waals surface area (Å²) in [4.78, 5) is 31.7. The van der Waals surface area contributed by atoms with Crippen molar-refractivity contribution in [3.8, 4) is 0 Å². The third kappa shape index (κ3) is 3.99. The van der Waals surface area contributed by atoms with E-state index in [2.05, 4.69) is 5.32 Å². The Bertz CT molecular complexity index is 548. The van der Waals surface area contributed by atoms with Crippen LogP contribution in [0.15, 0.2) is 18.2 Å². The van der Waals surface area contributed by atoms with Gasteiger partial charge in [-0.05, 0) is 6.07 Å². The first-order valence-electron chi connectivity index (χ1n) is 5.46. The quantitative estimate of drug-likeness (QED) is 0.509. The summed E-state index contributed by atoms with van der Waals surface area (Å²) in [5.74, 6) is -3.31. The lowest BCUT2D eigenvalue weighted by Gasteiger charge is -2.08. The molecule has 0 unspecified atom stereocenters. The van der Waals surface area contributed by atoms with Crippen LogP contribution < -0.4 is 5.32 Å². The molecular weight excluding hydrogens is 275 g/mol. The van der Waals surface area contributed by atoms with E-state index in [1.807, 2.05) is 0 Å². The summed E-state index contributed by atoms with van der Waals surface area (Å²) in [5, 5.41) is 30.1. The second-order valence-corrected chi connectivity index (χ2v) is 3.82. The van der Waals surface area contributed by atoms with E-state index in [9.17, 15) is 24.1 Å². The van der Waals surface area contributed by atoms with Gasteiger partial charge in [0.25, 0.3) is 11.6 Å². The van der Waals surface area contributed by atoms with E-state index < -0.39 is 40.0 Å². The number of benzene rings is 1. The van der Waals surface area contributed by atoms with Crippen LogP contribution in [0.2, 0.25) is 0 Å². The van der Waals surface area contributed by atoms with Crippen molar-refractivity contribution >= 4 is 17.6 Å². The Balaban J connectivity index is 2.70. The number of aliphatic hydroxyl groups excluding tert-OH is 1. The van der Waals surface area contributed by atoms with Crippen LogP contribution in [0.3, 0.4) is 0 Å². The molecule has 1 amide bonds. The third-order valence-corrected chi connectivity index (χ3v) is 2.39. The SMILES string of the molecule is O=C(NCC[C@H](O)C(=O)O)c1cc([N+](=O)[O-])ccc1F. The number of carboxylic acid groups (broad SMARTS) is 1. The Labute approximate surface area is 112 Å². The smallest absolute Gasteiger partial charge is 0.332 e. The van der Waals surface area contributed by atoms with Crippen LogP contribution in [0.4, 0.5) is 10.1 Å². The lowest BCUT2D eigenvalue weighted by atomic mass is 10.1. The Hall–Kier alpha value is -2.55. The number of rotatable bonds is 6. The molecule has 1 rings (SSSR count). The van der Waals surface area contributed by atoms with Crippen molar-refractivity contribution in [2.45, 2.75) is 12.5 Å². The largest absolute Gasteiger partial charge is 0.479 e. The van der Waals surface area contributed by atoms with Gasteiger partial charge in [0.15, 0.2) is 6.10 Å². The summed E-state index contributed by atoms with van der Waals surface area (Å²) in [7, 11) is 0.